The minimum absolute atomic E-state index is 0.0819. The maximum Gasteiger partial charge on any atom is 0.433 e. The highest BCUT2D eigenvalue weighted by molar-refractivity contribution is 6.05. The summed E-state index contributed by atoms with van der Waals surface area (Å²) in [6, 6.07) is 5.40. The number of carboxylic acid groups (broad SMARTS) is 1. The summed E-state index contributed by atoms with van der Waals surface area (Å²) in [6.07, 6.45) is -3.31. The summed E-state index contributed by atoms with van der Waals surface area (Å²) >= 11 is 0. The van der Waals surface area contributed by atoms with E-state index in [0.29, 0.717) is 5.39 Å². The summed E-state index contributed by atoms with van der Waals surface area (Å²) in [6.45, 7) is -0.398. The van der Waals surface area contributed by atoms with E-state index in [1.54, 1.807) is 0 Å². The molecule has 27 heavy (non-hydrogen) atoms. The number of nitrogens with one attached hydrogen (secondary N) is 1. The molecular weight excluding hydrogens is 369 g/mol. The quantitative estimate of drug-likeness (QED) is 0.599. The second-order valence-corrected chi connectivity index (χ2v) is 5.51. The third-order valence-electron chi connectivity index (χ3n) is 3.49. The molecule has 8 nitrogen and oxygen atoms in total. The molecule has 11 heteroatoms. The average molecular weight is 380 g/mol. The van der Waals surface area contributed by atoms with Crippen LogP contribution in [0.3, 0.4) is 0 Å². The van der Waals surface area contributed by atoms with Crippen molar-refractivity contribution in [3.05, 3.63) is 47.9 Å². The van der Waals surface area contributed by atoms with E-state index < -0.39 is 36.0 Å². The third kappa shape index (κ3) is 3.97. The number of carbonyl (C=O) groups is 2. The Morgan fingerprint density at radius 1 is 1.22 bits per heavy atom. The number of aromatic nitrogens is 3. The van der Waals surface area contributed by atoms with E-state index in [9.17, 15) is 27.9 Å². The molecule has 0 aliphatic heterocycles. The Bertz CT molecular complexity index is 1050. The molecule has 0 radical (unpaired) electrons. The van der Waals surface area contributed by atoms with Crippen molar-refractivity contribution in [3.8, 4) is 5.75 Å². The van der Waals surface area contributed by atoms with Crippen molar-refractivity contribution in [2.24, 2.45) is 0 Å². The SMILES string of the molecule is O=C(O)Cn1cc2cc(NC(=O)c3cccc(C(F)(F)F)n3)c(O)cc2n1. The molecule has 0 bridgehead atoms. The van der Waals surface area contributed by atoms with Gasteiger partial charge in [-0.15, -0.1) is 0 Å². The van der Waals surface area contributed by atoms with Crippen LogP contribution in [-0.4, -0.2) is 36.9 Å². The van der Waals surface area contributed by atoms with E-state index in [4.69, 9.17) is 5.11 Å². The Morgan fingerprint density at radius 3 is 2.63 bits per heavy atom. The highest BCUT2D eigenvalue weighted by Crippen LogP contribution is 2.30. The molecule has 2 heterocycles. The fourth-order valence-electron chi connectivity index (χ4n) is 2.34. The van der Waals surface area contributed by atoms with Gasteiger partial charge in [-0.2, -0.15) is 18.3 Å². The predicted octanol–water partition coefficient (Wildman–Crippen LogP) is 2.49. The van der Waals surface area contributed by atoms with E-state index in [-0.39, 0.29) is 17.0 Å². The van der Waals surface area contributed by atoms with Crippen molar-refractivity contribution in [1.29, 1.82) is 0 Å². The molecule has 0 saturated carbocycles. The van der Waals surface area contributed by atoms with Crippen LogP contribution in [0, 0.1) is 0 Å². The Balaban J connectivity index is 1.88. The van der Waals surface area contributed by atoms with Gasteiger partial charge in [0.1, 0.15) is 23.7 Å². The van der Waals surface area contributed by atoms with Gasteiger partial charge in [-0.05, 0) is 18.2 Å². The van der Waals surface area contributed by atoms with Crippen LogP contribution in [0.25, 0.3) is 10.9 Å². The summed E-state index contributed by atoms with van der Waals surface area (Å²) in [4.78, 5) is 26.2. The number of fused-ring (bicyclic) bond motifs is 1. The topological polar surface area (TPSA) is 117 Å². The lowest BCUT2D eigenvalue weighted by Crippen LogP contribution is -2.17. The number of anilines is 1. The number of carboxylic acids is 1. The zero-order chi connectivity index (χ0) is 19.8. The molecule has 140 valence electrons. The average Bonchev–Trinajstić information content (AvgIpc) is 2.94. The number of aliphatic carboxylic acids is 1. The number of phenolic OH excluding ortho intramolecular Hbond substituents is 1. The lowest BCUT2D eigenvalue weighted by molar-refractivity contribution is -0.141. The first-order valence-electron chi connectivity index (χ1n) is 7.41. The number of benzene rings is 1. The molecule has 1 amide bonds. The Labute approximate surface area is 148 Å². The zero-order valence-electron chi connectivity index (χ0n) is 13.4. The van der Waals surface area contributed by atoms with Gasteiger partial charge < -0.3 is 15.5 Å². The van der Waals surface area contributed by atoms with Crippen molar-refractivity contribution < 1.29 is 33.0 Å². The molecule has 2 aromatic heterocycles. The van der Waals surface area contributed by atoms with Gasteiger partial charge in [-0.25, -0.2) is 4.98 Å². The van der Waals surface area contributed by atoms with Crippen LogP contribution in [0.15, 0.2) is 36.5 Å². The molecule has 0 aliphatic carbocycles. The monoisotopic (exact) mass is 380 g/mol. The van der Waals surface area contributed by atoms with Crippen molar-refractivity contribution in [3.63, 3.8) is 0 Å². The summed E-state index contributed by atoms with van der Waals surface area (Å²) in [7, 11) is 0. The smallest absolute Gasteiger partial charge is 0.433 e. The van der Waals surface area contributed by atoms with E-state index >= 15 is 0 Å². The number of phenols is 1. The standard InChI is InChI=1S/C16H11F3N4O4/c17-16(18,19)13-3-1-2-9(20-13)15(27)21-11-4-8-6-23(7-14(25)26)22-10(8)5-12(11)24/h1-6,24H,7H2,(H,21,27)(H,25,26). The number of pyridine rings is 1. The van der Waals surface area contributed by atoms with Gasteiger partial charge in [0.15, 0.2) is 0 Å². The van der Waals surface area contributed by atoms with Crippen LogP contribution in [-0.2, 0) is 17.5 Å². The highest BCUT2D eigenvalue weighted by atomic mass is 19.4. The molecule has 0 spiro atoms. The van der Waals surface area contributed by atoms with Crippen LogP contribution < -0.4 is 5.32 Å². The second kappa shape index (κ2) is 6.59. The number of carbonyl (C=O) groups excluding carboxylic acids is 1. The Morgan fingerprint density at radius 2 is 1.96 bits per heavy atom. The molecule has 0 fully saturated rings. The normalized spacial score (nSPS) is 11.5. The second-order valence-electron chi connectivity index (χ2n) is 5.51. The van der Waals surface area contributed by atoms with Crippen LogP contribution in [0.4, 0.5) is 18.9 Å². The first-order chi connectivity index (χ1) is 12.6. The molecule has 0 aliphatic rings. The number of aromatic hydroxyl groups is 1. The first kappa shape index (κ1) is 18.2. The van der Waals surface area contributed by atoms with Crippen molar-refractivity contribution in [2.45, 2.75) is 12.7 Å². The Kier molecular flexibility index (Phi) is 4.44. The molecule has 3 rings (SSSR count). The number of hydrogen-bond donors (Lipinski definition) is 3. The van der Waals surface area contributed by atoms with E-state index in [1.165, 1.54) is 18.3 Å². The predicted molar refractivity (Wildman–Crippen MR) is 86.2 cm³/mol. The molecule has 3 N–H and O–H groups in total. The third-order valence-corrected chi connectivity index (χ3v) is 3.49. The number of halogens is 3. The van der Waals surface area contributed by atoms with Gasteiger partial charge in [0.05, 0.1) is 11.2 Å². The summed E-state index contributed by atoms with van der Waals surface area (Å²) < 4.78 is 39.2. The first-order valence-corrected chi connectivity index (χ1v) is 7.41. The van der Waals surface area contributed by atoms with Crippen LogP contribution in [0.1, 0.15) is 16.2 Å². The van der Waals surface area contributed by atoms with Crippen LogP contribution in [0.5, 0.6) is 5.75 Å². The maximum absolute atomic E-state index is 12.7. The molecule has 0 atom stereocenters. The van der Waals surface area contributed by atoms with E-state index in [0.717, 1.165) is 22.9 Å². The van der Waals surface area contributed by atoms with Crippen LogP contribution in [0.2, 0.25) is 0 Å². The van der Waals surface area contributed by atoms with Gasteiger partial charge in [0.25, 0.3) is 5.91 Å². The van der Waals surface area contributed by atoms with Gasteiger partial charge in [-0.1, -0.05) is 6.07 Å². The summed E-state index contributed by atoms with van der Waals surface area (Å²) in [5, 5.41) is 25.4. The zero-order valence-corrected chi connectivity index (χ0v) is 13.4. The van der Waals surface area contributed by atoms with Crippen molar-refractivity contribution >= 4 is 28.5 Å². The number of rotatable bonds is 4. The molecular formula is C16H11F3N4O4. The summed E-state index contributed by atoms with van der Waals surface area (Å²) in [5.74, 6) is -2.45. The van der Waals surface area contributed by atoms with Gasteiger partial charge >= 0.3 is 12.1 Å². The molecule has 3 aromatic rings. The number of alkyl halides is 3. The summed E-state index contributed by atoms with van der Waals surface area (Å²) in [5.41, 5.74) is -1.50. The van der Waals surface area contributed by atoms with E-state index in [2.05, 4.69) is 15.4 Å². The van der Waals surface area contributed by atoms with Gasteiger partial charge in [0.2, 0.25) is 0 Å². The number of hydrogen-bond acceptors (Lipinski definition) is 5. The van der Waals surface area contributed by atoms with E-state index in [1.807, 2.05) is 0 Å². The largest absolute Gasteiger partial charge is 0.506 e. The van der Waals surface area contributed by atoms with Crippen molar-refractivity contribution in [2.75, 3.05) is 5.32 Å². The minimum Gasteiger partial charge on any atom is -0.506 e. The van der Waals surface area contributed by atoms with Gasteiger partial charge in [-0.3, -0.25) is 14.3 Å². The fraction of sp³-hybridized carbons (Fsp3) is 0.125. The molecule has 0 saturated heterocycles. The number of amides is 1. The fourth-order valence-corrected chi connectivity index (χ4v) is 2.34. The maximum atomic E-state index is 12.7. The lowest BCUT2D eigenvalue weighted by Gasteiger charge is -2.09. The lowest BCUT2D eigenvalue weighted by atomic mass is 10.2. The Hall–Kier alpha value is -3.63. The molecule has 1 aromatic carbocycles. The number of nitrogens with zero attached hydrogens (tertiary/aromatic N) is 3. The molecule has 0 unspecified atom stereocenters. The minimum atomic E-state index is -4.70. The van der Waals surface area contributed by atoms with Crippen LogP contribution >= 0.6 is 0 Å². The highest BCUT2D eigenvalue weighted by Gasteiger charge is 2.33. The van der Waals surface area contributed by atoms with Crippen molar-refractivity contribution in [1.82, 2.24) is 14.8 Å². The van der Waals surface area contributed by atoms with Gasteiger partial charge in [0, 0.05) is 17.6 Å².